The first-order valence-corrected chi connectivity index (χ1v) is 7.89. The van der Waals surface area contributed by atoms with Crippen LogP contribution in [-0.2, 0) is 10.0 Å². The molecule has 7 heteroatoms. The lowest BCUT2D eigenvalue weighted by atomic mass is 10.1. The third kappa shape index (κ3) is 3.17. The molecule has 1 rings (SSSR count). The van der Waals surface area contributed by atoms with Crippen LogP contribution in [0.3, 0.4) is 0 Å². The molecule has 0 aliphatic carbocycles. The fraction of sp³-hybridized carbons (Fsp3) is 0.462. The molecule has 0 aliphatic rings. The number of nitrogens with two attached hydrogens (primary N) is 1. The van der Waals surface area contributed by atoms with Gasteiger partial charge < -0.3 is 10.8 Å². The van der Waals surface area contributed by atoms with Gasteiger partial charge in [0, 0.05) is 12.6 Å². The number of aliphatic hydroxyl groups is 1. The zero-order valence-electron chi connectivity index (χ0n) is 12.0. The van der Waals surface area contributed by atoms with Crippen LogP contribution in [0, 0.1) is 6.92 Å². The molecule has 0 atom stereocenters. The van der Waals surface area contributed by atoms with E-state index in [4.69, 9.17) is 18.0 Å². The molecule has 0 saturated carbocycles. The Morgan fingerprint density at radius 1 is 1.45 bits per heavy atom. The van der Waals surface area contributed by atoms with E-state index in [0.29, 0.717) is 11.1 Å². The van der Waals surface area contributed by atoms with Crippen LogP contribution in [-0.4, -0.2) is 42.0 Å². The smallest absolute Gasteiger partial charge is 0.243 e. The number of sulfonamides is 1. The number of nitrogens with zero attached hydrogens (tertiary/aromatic N) is 1. The van der Waals surface area contributed by atoms with E-state index in [1.165, 1.54) is 17.4 Å². The van der Waals surface area contributed by atoms with Crippen LogP contribution >= 0.6 is 12.2 Å². The van der Waals surface area contributed by atoms with Crippen molar-refractivity contribution in [2.45, 2.75) is 31.2 Å². The Labute approximate surface area is 125 Å². The minimum absolute atomic E-state index is 0.182. The molecule has 0 unspecified atom stereocenters. The van der Waals surface area contributed by atoms with Crippen LogP contribution in [0.25, 0.3) is 0 Å². The topological polar surface area (TPSA) is 83.6 Å². The zero-order valence-corrected chi connectivity index (χ0v) is 13.7. The minimum atomic E-state index is -3.69. The van der Waals surface area contributed by atoms with E-state index < -0.39 is 15.6 Å². The van der Waals surface area contributed by atoms with Gasteiger partial charge in [0.25, 0.3) is 0 Å². The van der Waals surface area contributed by atoms with E-state index in [1.807, 2.05) is 0 Å². The fourth-order valence-corrected chi connectivity index (χ4v) is 3.50. The molecular formula is C13H20N2O3S2. The molecule has 1 aromatic carbocycles. The van der Waals surface area contributed by atoms with Crippen LogP contribution in [0.15, 0.2) is 23.1 Å². The highest BCUT2D eigenvalue weighted by Crippen LogP contribution is 2.25. The van der Waals surface area contributed by atoms with Crippen LogP contribution < -0.4 is 5.73 Å². The Kier molecular flexibility index (Phi) is 4.91. The Morgan fingerprint density at radius 2 is 2.00 bits per heavy atom. The van der Waals surface area contributed by atoms with Gasteiger partial charge in [-0.1, -0.05) is 18.3 Å². The van der Waals surface area contributed by atoms with Gasteiger partial charge >= 0.3 is 0 Å². The first kappa shape index (κ1) is 17.0. The summed E-state index contributed by atoms with van der Waals surface area (Å²) >= 11 is 4.87. The van der Waals surface area contributed by atoms with E-state index in [0.717, 1.165) is 0 Å². The SMILES string of the molecule is Cc1cc(C(N)=S)ccc1S(=O)(=O)N(C)C(C)(C)CO. The van der Waals surface area contributed by atoms with Gasteiger partial charge in [-0.2, -0.15) is 4.31 Å². The Hall–Kier alpha value is -1.02. The van der Waals surface area contributed by atoms with E-state index >= 15 is 0 Å². The number of benzene rings is 1. The summed E-state index contributed by atoms with van der Waals surface area (Å²) in [5.41, 5.74) is 5.84. The molecule has 0 aliphatic heterocycles. The molecule has 0 fully saturated rings. The second-order valence-electron chi connectivity index (χ2n) is 5.29. The van der Waals surface area contributed by atoms with Gasteiger partial charge in [0.05, 0.1) is 17.0 Å². The number of rotatable bonds is 5. The summed E-state index contributed by atoms with van der Waals surface area (Å²) in [6.45, 7) is 4.73. The average Bonchev–Trinajstić information content (AvgIpc) is 2.37. The highest BCUT2D eigenvalue weighted by molar-refractivity contribution is 7.89. The van der Waals surface area contributed by atoms with Gasteiger partial charge in [0.2, 0.25) is 10.0 Å². The highest BCUT2D eigenvalue weighted by atomic mass is 32.2. The Morgan fingerprint density at radius 3 is 2.40 bits per heavy atom. The van der Waals surface area contributed by atoms with Gasteiger partial charge in [-0.25, -0.2) is 8.42 Å². The first-order chi connectivity index (χ1) is 9.04. The summed E-state index contributed by atoms with van der Waals surface area (Å²) < 4.78 is 26.4. The number of hydrogen-bond acceptors (Lipinski definition) is 4. The van der Waals surface area contributed by atoms with Crippen molar-refractivity contribution in [1.82, 2.24) is 4.31 Å². The van der Waals surface area contributed by atoms with Crippen molar-refractivity contribution in [1.29, 1.82) is 0 Å². The number of likely N-dealkylation sites (N-methyl/N-ethyl adjacent to an activating group) is 1. The monoisotopic (exact) mass is 316 g/mol. The van der Waals surface area contributed by atoms with Crippen molar-refractivity contribution in [2.24, 2.45) is 5.73 Å². The van der Waals surface area contributed by atoms with E-state index in [1.54, 1.807) is 32.9 Å². The summed E-state index contributed by atoms with van der Waals surface area (Å²) in [6.07, 6.45) is 0. The summed E-state index contributed by atoms with van der Waals surface area (Å²) in [5, 5.41) is 9.32. The van der Waals surface area contributed by atoms with Crippen molar-refractivity contribution < 1.29 is 13.5 Å². The van der Waals surface area contributed by atoms with Gasteiger partial charge in [-0.15, -0.1) is 0 Å². The molecule has 0 spiro atoms. The summed E-state index contributed by atoms with van der Waals surface area (Å²) in [5.74, 6) is 0. The standard InChI is InChI=1S/C13H20N2O3S2/c1-9-7-10(12(14)19)5-6-11(9)20(17,18)15(4)13(2,3)8-16/h5-7,16H,8H2,1-4H3,(H2,14,19). The van der Waals surface area contributed by atoms with E-state index in [9.17, 15) is 13.5 Å². The number of hydrogen-bond donors (Lipinski definition) is 2. The number of aryl methyl sites for hydroxylation is 1. The van der Waals surface area contributed by atoms with Crippen molar-refractivity contribution in [3.05, 3.63) is 29.3 Å². The van der Waals surface area contributed by atoms with Crippen LogP contribution in [0.4, 0.5) is 0 Å². The Bertz CT molecular complexity index is 625. The maximum Gasteiger partial charge on any atom is 0.243 e. The molecule has 1 aromatic rings. The van der Waals surface area contributed by atoms with Crippen molar-refractivity contribution >= 4 is 27.2 Å². The second kappa shape index (κ2) is 5.77. The lowest BCUT2D eigenvalue weighted by molar-refractivity contribution is 0.138. The highest BCUT2D eigenvalue weighted by Gasteiger charge is 2.34. The van der Waals surface area contributed by atoms with Crippen LogP contribution in [0.1, 0.15) is 25.0 Å². The minimum Gasteiger partial charge on any atom is -0.394 e. The van der Waals surface area contributed by atoms with Gasteiger partial charge in [0.15, 0.2) is 0 Å². The van der Waals surface area contributed by atoms with E-state index in [-0.39, 0.29) is 16.5 Å². The first-order valence-electron chi connectivity index (χ1n) is 6.04. The van der Waals surface area contributed by atoms with Crippen LogP contribution in [0.2, 0.25) is 0 Å². The summed E-state index contributed by atoms with van der Waals surface area (Å²) in [7, 11) is -2.24. The van der Waals surface area contributed by atoms with Gasteiger partial charge in [0.1, 0.15) is 4.99 Å². The summed E-state index contributed by atoms with van der Waals surface area (Å²) in [6, 6.07) is 4.72. The van der Waals surface area contributed by atoms with Crippen LogP contribution in [0.5, 0.6) is 0 Å². The van der Waals surface area contributed by atoms with Gasteiger partial charge in [-0.3, -0.25) is 0 Å². The molecule has 112 valence electrons. The lowest BCUT2D eigenvalue weighted by Crippen LogP contribution is -2.47. The predicted octanol–water partition coefficient (Wildman–Crippen LogP) is 1.02. The zero-order chi connectivity index (χ0) is 15.7. The quantitative estimate of drug-likeness (QED) is 0.793. The molecule has 0 heterocycles. The third-order valence-corrected chi connectivity index (χ3v) is 5.80. The Balaban J connectivity index is 3.34. The van der Waals surface area contributed by atoms with Crippen molar-refractivity contribution in [3.63, 3.8) is 0 Å². The lowest BCUT2D eigenvalue weighted by Gasteiger charge is -2.33. The average molecular weight is 316 g/mol. The largest absolute Gasteiger partial charge is 0.394 e. The molecule has 0 aromatic heterocycles. The number of aliphatic hydroxyl groups excluding tert-OH is 1. The maximum absolute atomic E-state index is 12.6. The molecular weight excluding hydrogens is 296 g/mol. The van der Waals surface area contributed by atoms with E-state index in [2.05, 4.69) is 0 Å². The molecule has 5 nitrogen and oxygen atoms in total. The molecule has 3 N–H and O–H groups in total. The van der Waals surface area contributed by atoms with Gasteiger partial charge in [-0.05, 0) is 38.5 Å². The summed E-state index contributed by atoms with van der Waals surface area (Å²) in [4.78, 5) is 0.405. The second-order valence-corrected chi connectivity index (χ2v) is 7.67. The molecule has 0 saturated heterocycles. The maximum atomic E-state index is 12.6. The third-order valence-electron chi connectivity index (χ3n) is 3.34. The molecule has 0 amide bonds. The van der Waals surface area contributed by atoms with Crippen molar-refractivity contribution in [3.8, 4) is 0 Å². The molecule has 20 heavy (non-hydrogen) atoms. The van der Waals surface area contributed by atoms with Crippen molar-refractivity contribution in [2.75, 3.05) is 13.7 Å². The fourth-order valence-electron chi connectivity index (χ4n) is 1.66. The molecule has 0 radical (unpaired) electrons. The number of thiocarbonyl (C=S) groups is 1. The predicted molar refractivity (Wildman–Crippen MR) is 83.2 cm³/mol. The molecule has 0 bridgehead atoms. The normalized spacial score (nSPS) is 12.7.